The molecular weight excluding hydrogens is 505 g/mol. The first-order valence-electron chi connectivity index (χ1n) is 11.3. The van der Waals surface area contributed by atoms with Crippen molar-refractivity contribution >= 4 is 22.8 Å². The van der Waals surface area contributed by atoms with Crippen LogP contribution >= 0.6 is 0 Å². The molecule has 3 N–H and O–H groups in total. The van der Waals surface area contributed by atoms with Crippen molar-refractivity contribution in [1.82, 2.24) is 19.9 Å². The number of fused-ring (bicyclic) bond motifs is 1. The number of aromatic nitrogens is 3. The number of carbonyl (C=O) groups excluding carboxylic acids is 1. The Bertz CT molecular complexity index is 1430. The van der Waals surface area contributed by atoms with Crippen molar-refractivity contribution < 1.29 is 37.0 Å². The summed E-state index contributed by atoms with van der Waals surface area (Å²) in [5.74, 6) is -4.68. The summed E-state index contributed by atoms with van der Waals surface area (Å²) in [7, 11) is 0. The molecule has 1 unspecified atom stereocenters. The predicted octanol–water partition coefficient (Wildman–Crippen LogP) is 1.67. The molecule has 1 amide bonds. The SMILES string of the molecule is O=C(NC(C1CC1)C(F)(F)F)c1cn(-c2ncc(F)cc2F)c2nc(N3C[C@@H](O)[C@@H](O)C3)ccc2c1=O. The highest BCUT2D eigenvalue weighted by Crippen LogP contribution is 2.40. The van der Waals surface area contributed by atoms with Gasteiger partial charge >= 0.3 is 6.18 Å². The van der Waals surface area contributed by atoms with Crippen molar-refractivity contribution in [2.24, 2.45) is 5.92 Å². The minimum absolute atomic E-state index is 0.00749. The molecule has 4 heterocycles. The van der Waals surface area contributed by atoms with E-state index in [0.29, 0.717) is 12.3 Å². The Balaban J connectivity index is 1.65. The van der Waals surface area contributed by atoms with E-state index in [1.54, 1.807) is 0 Å². The zero-order valence-electron chi connectivity index (χ0n) is 18.9. The van der Waals surface area contributed by atoms with Gasteiger partial charge in [0.25, 0.3) is 5.91 Å². The maximum atomic E-state index is 14.7. The number of carbonyl (C=O) groups is 1. The number of pyridine rings is 3. The van der Waals surface area contributed by atoms with Gasteiger partial charge < -0.3 is 20.4 Å². The van der Waals surface area contributed by atoms with Gasteiger partial charge in [-0.15, -0.1) is 0 Å². The Morgan fingerprint density at radius 3 is 2.41 bits per heavy atom. The average molecular weight is 525 g/mol. The predicted molar refractivity (Wildman–Crippen MR) is 119 cm³/mol. The van der Waals surface area contributed by atoms with E-state index >= 15 is 0 Å². The second-order valence-electron chi connectivity index (χ2n) is 9.11. The quantitative estimate of drug-likeness (QED) is 0.434. The number of rotatable bonds is 5. The van der Waals surface area contributed by atoms with Gasteiger partial charge in [0, 0.05) is 25.4 Å². The van der Waals surface area contributed by atoms with Crippen LogP contribution in [0, 0.1) is 17.6 Å². The molecule has 0 spiro atoms. The minimum Gasteiger partial charge on any atom is -0.389 e. The number of aliphatic hydroxyl groups excluding tert-OH is 2. The number of hydrogen-bond acceptors (Lipinski definition) is 7. The van der Waals surface area contributed by atoms with E-state index in [1.807, 2.05) is 5.32 Å². The van der Waals surface area contributed by atoms with E-state index in [1.165, 1.54) is 17.0 Å². The molecule has 196 valence electrons. The molecule has 3 aromatic heterocycles. The summed E-state index contributed by atoms with van der Waals surface area (Å²) < 4.78 is 69.6. The van der Waals surface area contributed by atoms with Gasteiger partial charge in [0.1, 0.15) is 23.2 Å². The number of alkyl halides is 3. The largest absolute Gasteiger partial charge is 0.408 e. The standard InChI is InChI=1S/C23H20F5N5O4/c24-11-5-14(25)21(29-6-11)33-7-13(22(37)31-19(10-1-2-10)23(26,27)28)18(36)12-3-4-17(30-20(12)33)32-8-15(34)16(35)9-32/h3-7,10,15-16,19,34-35H,1-2,8-9H2,(H,31,37)/t15-,16+,19?. The second-order valence-corrected chi connectivity index (χ2v) is 9.11. The van der Waals surface area contributed by atoms with Crippen LogP contribution in [0.2, 0.25) is 0 Å². The maximum absolute atomic E-state index is 14.7. The fourth-order valence-corrected chi connectivity index (χ4v) is 4.35. The summed E-state index contributed by atoms with van der Waals surface area (Å²) in [5, 5.41) is 21.3. The summed E-state index contributed by atoms with van der Waals surface area (Å²) in [6, 6.07) is 0.958. The molecule has 9 nitrogen and oxygen atoms in total. The molecule has 1 saturated carbocycles. The number of nitrogens with one attached hydrogen (secondary N) is 1. The number of amides is 1. The smallest absolute Gasteiger partial charge is 0.389 e. The van der Waals surface area contributed by atoms with Gasteiger partial charge in [0.15, 0.2) is 17.3 Å². The van der Waals surface area contributed by atoms with Crippen LogP contribution in [0.4, 0.5) is 27.8 Å². The lowest BCUT2D eigenvalue weighted by atomic mass is 10.1. The number of β-amino-alcohol motifs (C(OH)–C–C–N with tert-alkyl or cyclic N) is 2. The van der Waals surface area contributed by atoms with E-state index in [0.717, 1.165) is 10.8 Å². The van der Waals surface area contributed by atoms with Gasteiger partial charge in [-0.1, -0.05) is 0 Å². The molecule has 1 aliphatic carbocycles. The summed E-state index contributed by atoms with van der Waals surface area (Å²) >= 11 is 0. The van der Waals surface area contributed by atoms with Crippen molar-refractivity contribution in [3.63, 3.8) is 0 Å². The lowest BCUT2D eigenvalue weighted by Gasteiger charge is -2.22. The summed E-state index contributed by atoms with van der Waals surface area (Å²) in [4.78, 5) is 35.6. The summed E-state index contributed by atoms with van der Waals surface area (Å²) in [6.07, 6.45) is -4.82. The monoisotopic (exact) mass is 525 g/mol. The number of halogens is 5. The molecule has 5 rings (SSSR count). The van der Waals surface area contributed by atoms with E-state index in [4.69, 9.17) is 0 Å². The minimum atomic E-state index is -4.74. The van der Waals surface area contributed by atoms with Crippen LogP contribution in [-0.4, -0.2) is 68.2 Å². The molecule has 14 heteroatoms. The van der Waals surface area contributed by atoms with Gasteiger partial charge in [0.05, 0.1) is 23.8 Å². The molecule has 0 aromatic carbocycles. The van der Waals surface area contributed by atoms with E-state index in [9.17, 15) is 41.8 Å². The number of aliphatic hydroxyl groups is 2. The Morgan fingerprint density at radius 1 is 1.14 bits per heavy atom. The first kappa shape index (κ1) is 25.0. The fraction of sp³-hybridized carbons (Fsp3) is 0.391. The molecule has 3 aromatic rings. The van der Waals surface area contributed by atoms with Crippen LogP contribution in [0.5, 0.6) is 0 Å². The van der Waals surface area contributed by atoms with Crippen LogP contribution in [0.1, 0.15) is 23.2 Å². The molecule has 2 aliphatic rings. The van der Waals surface area contributed by atoms with Gasteiger partial charge in [-0.2, -0.15) is 13.2 Å². The van der Waals surface area contributed by atoms with Crippen molar-refractivity contribution in [2.45, 2.75) is 37.3 Å². The van der Waals surface area contributed by atoms with Crippen LogP contribution < -0.4 is 15.6 Å². The third-order valence-electron chi connectivity index (χ3n) is 6.41. The molecule has 0 radical (unpaired) electrons. The Morgan fingerprint density at radius 2 is 1.81 bits per heavy atom. The lowest BCUT2D eigenvalue weighted by molar-refractivity contribution is -0.158. The fourth-order valence-electron chi connectivity index (χ4n) is 4.35. The summed E-state index contributed by atoms with van der Waals surface area (Å²) in [5.41, 5.74) is -1.89. The summed E-state index contributed by atoms with van der Waals surface area (Å²) in [6.45, 7) is 0.0150. The van der Waals surface area contributed by atoms with Crippen LogP contribution in [0.3, 0.4) is 0 Å². The van der Waals surface area contributed by atoms with E-state index in [-0.39, 0.29) is 42.8 Å². The van der Waals surface area contributed by atoms with Gasteiger partial charge in [-0.05, 0) is 30.9 Å². The number of anilines is 1. The average Bonchev–Trinajstić information content (AvgIpc) is 3.61. The topological polar surface area (TPSA) is 121 Å². The molecule has 37 heavy (non-hydrogen) atoms. The molecule has 0 bridgehead atoms. The highest BCUT2D eigenvalue weighted by molar-refractivity contribution is 5.97. The first-order valence-corrected chi connectivity index (χ1v) is 11.3. The molecule has 1 aliphatic heterocycles. The number of nitrogens with zero attached hydrogens (tertiary/aromatic N) is 4. The lowest BCUT2D eigenvalue weighted by Crippen LogP contribution is -2.48. The van der Waals surface area contributed by atoms with Gasteiger partial charge in [-0.25, -0.2) is 18.7 Å². The van der Waals surface area contributed by atoms with Crippen LogP contribution in [-0.2, 0) is 0 Å². The normalized spacial score (nSPS) is 20.9. The van der Waals surface area contributed by atoms with Crippen molar-refractivity contribution in [2.75, 3.05) is 18.0 Å². The van der Waals surface area contributed by atoms with Crippen LogP contribution in [0.25, 0.3) is 16.9 Å². The second kappa shape index (κ2) is 9.03. The third kappa shape index (κ3) is 4.73. The molecular formula is C23H20F5N5O4. The maximum Gasteiger partial charge on any atom is 0.408 e. The first-order chi connectivity index (χ1) is 17.4. The van der Waals surface area contributed by atoms with Crippen LogP contribution in [0.15, 0.2) is 35.4 Å². The molecule has 1 saturated heterocycles. The highest BCUT2D eigenvalue weighted by atomic mass is 19.4. The third-order valence-corrected chi connectivity index (χ3v) is 6.41. The number of hydrogen-bond donors (Lipinski definition) is 3. The van der Waals surface area contributed by atoms with E-state index < -0.39 is 64.7 Å². The van der Waals surface area contributed by atoms with Crippen molar-refractivity contribution in [1.29, 1.82) is 0 Å². The van der Waals surface area contributed by atoms with E-state index in [2.05, 4.69) is 9.97 Å². The zero-order chi connectivity index (χ0) is 26.6. The Kier molecular flexibility index (Phi) is 6.10. The van der Waals surface area contributed by atoms with Crippen molar-refractivity contribution in [3.8, 4) is 5.82 Å². The molecule has 3 atom stereocenters. The Labute approximate surface area is 205 Å². The molecule has 2 fully saturated rings. The van der Waals surface area contributed by atoms with Crippen molar-refractivity contribution in [3.05, 3.63) is 58.0 Å². The van der Waals surface area contributed by atoms with Gasteiger partial charge in [0.2, 0.25) is 5.43 Å². The van der Waals surface area contributed by atoms with Gasteiger partial charge in [-0.3, -0.25) is 14.2 Å². The Hall–Kier alpha value is -3.65. The zero-order valence-corrected chi connectivity index (χ0v) is 18.9. The highest BCUT2D eigenvalue weighted by Gasteiger charge is 2.50.